The Morgan fingerprint density at radius 2 is 0.980 bits per heavy atom. The summed E-state index contributed by atoms with van der Waals surface area (Å²) in [6, 6.07) is 53.7. The number of amides is 3. The SMILES string of the molecule is CN(C)CCCn1c(=O)c(C#N)c(N2CCN(C(=O)c3ccc(Cl)c(Cl)c3)CC2)c2ccccc21.N#Cc1c(N2CCN(C(=O)c3ccco3)CC2)c2ccccc2n(Cc2ccsc2)c1=O.N#Cc1c(N2CCN(C(=O)c3cccs3)CC2)c2ccccc2n(CCc2ccccc2)c1=O. The minimum Gasteiger partial charge on any atom is -0.459 e. The zero-order valence-electron chi connectivity index (χ0n) is 55.7. The predicted octanol–water partition coefficient (Wildman–Crippen LogP) is 11.8. The first-order valence-electron chi connectivity index (χ1n) is 33.2. The molecule has 101 heavy (non-hydrogen) atoms. The number of hydrogen-bond donors (Lipinski definition) is 0. The lowest BCUT2D eigenvalue weighted by Crippen LogP contribution is -2.49. The minimum absolute atomic E-state index is 0.0383. The lowest BCUT2D eigenvalue weighted by Gasteiger charge is -2.37. The van der Waals surface area contributed by atoms with Crippen LogP contribution in [-0.2, 0) is 26.1 Å². The van der Waals surface area contributed by atoms with Crippen LogP contribution in [0.2, 0.25) is 10.0 Å². The number of aryl methyl sites for hydroxylation is 3. The van der Waals surface area contributed by atoms with Crippen LogP contribution in [0.15, 0.2) is 193 Å². The first kappa shape index (κ1) is 70.1. The van der Waals surface area contributed by atoms with Crippen molar-refractivity contribution in [3.8, 4) is 18.2 Å². The molecule has 0 spiro atoms. The molecule has 0 saturated carbocycles. The fraction of sp³-hybridized carbons (Fsp3) is 0.260. The molecular formula is C77H71Cl2N13O7S2. The molecule has 3 fully saturated rings. The zero-order chi connectivity index (χ0) is 70.7. The fourth-order valence-electron chi connectivity index (χ4n) is 13.4. The smallest absolute Gasteiger partial charge is 0.289 e. The summed E-state index contributed by atoms with van der Waals surface area (Å²) in [7, 11) is 3.99. The molecule has 0 aliphatic carbocycles. The number of hydrogen-bond acceptors (Lipinski definition) is 16. The number of nitriles is 3. The molecular weight excluding hydrogens is 1350 g/mol. The molecule has 5 aromatic carbocycles. The number of nitrogens with zero attached hydrogens (tertiary/aromatic N) is 13. The first-order valence-corrected chi connectivity index (χ1v) is 35.7. The summed E-state index contributed by atoms with van der Waals surface area (Å²) in [6.07, 6.45) is 3.00. The molecule has 6 aromatic heterocycles. The van der Waals surface area contributed by atoms with Gasteiger partial charge in [-0.15, -0.1) is 11.3 Å². The average Bonchev–Trinajstić information content (AvgIpc) is 1.49. The van der Waals surface area contributed by atoms with Gasteiger partial charge in [-0.2, -0.15) is 27.1 Å². The van der Waals surface area contributed by atoms with Gasteiger partial charge in [0.1, 0.15) is 34.9 Å². The number of para-hydroxylation sites is 3. The fourth-order valence-corrected chi connectivity index (χ4v) is 15.0. The Hall–Kier alpha value is -10.8. The quantitative estimate of drug-likeness (QED) is 0.0931. The van der Waals surface area contributed by atoms with Gasteiger partial charge in [0.25, 0.3) is 34.4 Å². The minimum atomic E-state index is -0.290. The van der Waals surface area contributed by atoms with Crippen molar-refractivity contribution in [2.24, 2.45) is 0 Å². The Bertz CT molecular complexity index is 5150. The third-order valence-corrected chi connectivity index (χ3v) is 20.8. The number of aromatic nitrogens is 3. The van der Waals surface area contributed by atoms with Gasteiger partial charge >= 0.3 is 0 Å². The molecule has 24 heteroatoms. The predicted molar refractivity (Wildman–Crippen MR) is 399 cm³/mol. The second-order valence-corrected chi connectivity index (χ2v) is 27.3. The lowest BCUT2D eigenvalue weighted by molar-refractivity contribution is 0.0712. The van der Waals surface area contributed by atoms with E-state index in [4.69, 9.17) is 27.6 Å². The number of fused-ring (bicyclic) bond motifs is 3. The van der Waals surface area contributed by atoms with Gasteiger partial charge in [0, 0.05) is 113 Å². The summed E-state index contributed by atoms with van der Waals surface area (Å²) in [5.74, 6) is 0.0880. The number of benzene rings is 5. The van der Waals surface area contributed by atoms with Gasteiger partial charge in [0.05, 0.1) is 61.3 Å². The topological polar surface area (TPSA) is 224 Å². The maximum Gasteiger partial charge on any atom is 0.289 e. The summed E-state index contributed by atoms with van der Waals surface area (Å²) in [5, 5.41) is 39.2. The van der Waals surface area contributed by atoms with Crippen molar-refractivity contribution >= 4 is 113 Å². The molecule has 3 amide bonds. The number of thiophene rings is 2. The molecule has 0 atom stereocenters. The highest BCUT2D eigenvalue weighted by atomic mass is 35.5. The summed E-state index contributed by atoms with van der Waals surface area (Å²) < 4.78 is 10.3. The number of carbonyl (C=O) groups excluding carboxylic acids is 3. The van der Waals surface area contributed by atoms with E-state index in [1.54, 1.807) is 65.2 Å². The first-order chi connectivity index (χ1) is 49.1. The van der Waals surface area contributed by atoms with E-state index < -0.39 is 0 Å². The van der Waals surface area contributed by atoms with Crippen LogP contribution < -0.4 is 31.4 Å². The number of piperazine rings is 3. The largest absolute Gasteiger partial charge is 0.459 e. The van der Waals surface area contributed by atoms with Gasteiger partial charge in [-0.3, -0.25) is 28.8 Å². The van der Waals surface area contributed by atoms with Crippen LogP contribution in [0.3, 0.4) is 0 Å². The van der Waals surface area contributed by atoms with Gasteiger partial charge in [-0.25, -0.2) is 0 Å². The molecule has 3 saturated heterocycles. The molecule has 512 valence electrons. The van der Waals surface area contributed by atoms with E-state index in [2.05, 4.69) is 28.0 Å². The molecule has 11 aromatic rings. The van der Waals surface area contributed by atoms with Gasteiger partial charge in [0.15, 0.2) is 5.76 Å². The van der Waals surface area contributed by atoms with E-state index in [-0.39, 0.29) is 51.1 Å². The van der Waals surface area contributed by atoms with Crippen LogP contribution >= 0.6 is 45.9 Å². The van der Waals surface area contributed by atoms with Crippen molar-refractivity contribution in [3.63, 3.8) is 0 Å². The van der Waals surface area contributed by atoms with E-state index >= 15 is 0 Å². The molecule has 0 unspecified atom stereocenters. The molecule has 9 heterocycles. The standard InChI is InChI=1S/C27H24N4O2S.C26H27Cl2N5O2.C24H20N4O3S/c28-19-22-25(29-14-16-30(17-15-29)27(33)24-11-6-18-34-24)21-9-4-5-10-23(21)31(26(22)32)13-12-20-7-2-1-3-8-20;1-30(2)10-5-11-33-23-7-4-3-6-19(23)24(20(17-29)26(33)35)31-12-14-32(15-13-31)25(34)18-8-9-21(27)22(28)16-18;25-14-19-22(26-8-10-27(11-9-26)24(30)21-6-3-12-31-21)18-4-1-2-5-20(18)28(23(19)29)15-17-7-13-32-16-17/h1-11,18H,12-17H2;3-4,6-9,16H,5,10-15H2,1-2H3;1-7,12-13,16H,8-11,15H2. The van der Waals surface area contributed by atoms with Crippen molar-refractivity contribution in [1.29, 1.82) is 15.8 Å². The van der Waals surface area contributed by atoms with Crippen LogP contribution in [0.5, 0.6) is 0 Å². The van der Waals surface area contributed by atoms with Crippen molar-refractivity contribution in [3.05, 3.63) is 259 Å². The van der Waals surface area contributed by atoms with Crippen molar-refractivity contribution in [1.82, 2.24) is 33.3 Å². The monoisotopic (exact) mass is 1420 g/mol. The lowest BCUT2D eigenvalue weighted by atomic mass is 10.1. The summed E-state index contributed by atoms with van der Waals surface area (Å²) >= 11 is 15.1. The highest BCUT2D eigenvalue weighted by molar-refractivity contribution is 7.12. The Labute approximate surface area is 601 Å². The van der Waals surface area contributed by atoms with E-state index in [1.165, 1.54) is 17.6 Å². The van der Waals surface area contributed by atoms with E-state index in [1.807, 2.05) is 166 Å². The molecule has 0 bridgehead atoms. The summed E-state index contributed by atoms with van der Waals surface area (Å²) in [4.78, 5) is 92.9. The Morgan fingerprint density at radius 3 is 1.45 bits per heavy atom. The van der Waals surface area contributed by atoms with E-state index in [0.717, 1.165) is 61.7 Å². The average molecular weight is 1430 g/mol. The Balaban J connectivity index is 0.000000143. The number of rotatable bonds is 15. The van der Waals surface area contributed by atoms with Crippen LogP contribution in [0.4, 0.5) is 17.1 Å². The van der Waals surface area contributed by atoms with E-state index in [0.29, 0.717) is 143 Å². The number of halogens is 2. The van der Waals surface area contributed by atoms with Crippen molar-refractivity contribution in [2.75, 3.05) is 114 Å². The van der Waals surface area contributed by atoms with Gasteiger partial charge < -0.3 is 52.4 Å². The Morgan fingerprint density at radius 1 is 0.495 bits per heavy atom. The second kappa shape index (κ2) is 32.0. The molecule has 20 nitrogen and oxygen atoms in total. The molecule has 0 radical (unpaired) electrons. The summed E-state index contributed by atoms with van der Waals surface area (Å²) in [6.45, 7) is 8.51. The third-order valence-electron chi connectivity index (χ3n) is 18.4. The second-order valence-electron chi connectivity index (χ2n) is 24.8. The summed E-state index contributed by atoms with van der Waals surface area (Å²) in [5.41, 5.74) is 6.74. The normalized spacial score (nSPS) is 13.9. The van der Waals surface area contributed by atoms with Gasteiger partial charge in [-0.1, -0.05) is 114 Å². The molecule has 14 rings (SSSR count). The van der Waals surface area contributed by atoms with Crippen molar-refractivity contribution < 1.29 is 18.8 Å². The number of anilines is 3. The van der Waals surface area contributed by atoms with Gasteiger partial charge in [0.2, 0.25) is 0 Å². The van der Waals surface area contributed by atoms with Crippen LogP contribution in [0, 0.1) is 34.0 Å². The molecule has 0 N–H and O–H groups in total. The molecule has 3 aliphatic heterocycles. The zero-order valence-corrected chi connectivity index (χ0v) is 58.9. The Kier molecular flexibility index (Phi) is 22.2. The number of carbonyl (C=O) groups is 3. The highest BCUT2D eigenvalue weighted by Crippen LogP contribution is 2.34. The van der Waals surface area contributed by atoms with Crippen molar-refractivity contribution in [2.45, 2.75) is 32.5 Å². The van der Waals surface area contributed by atoms with Gasteiger partial charge in [-0.05, 0) is 121 Å². The molecule has 3 aliphatic rings. The van der Waals surface area contributed by atoms with Crippen LogP contribution in [0.1, 0.15) is 64.8 Å². The maximum atomic E-state index is 13.5. The van der Waals surface area contributed by atoms with Crippen LogP contribution in [-0.4, -0.2) is 150 Å². The van der Waals surface area contributed by atoms with E-state index in [9.17, 15) is 44.6 Å². The maximum absolute atomic E-state index is 13.5. The van der Waals surface area contributed by atoms with Crippen LogP contribution in [0.25, 0.3) is 32.7 Å². The third kappa shape index (κ3) is 15.2. The highest BCUT2D eigenvalue weighted by Gasteiger charge is 2.32. The number of furan rings is 1. The number of pyridine rings is 3.